The predicted octanol–water partition coefficient (Wildman–Crippen LogP) is 1.77. The molecule has 2 fully saturated rings. The van der Waals surface area contributed by atoms with E-state index >= 15 is 0 Å². The maximum Gasteiger partial charge on any atom is 0.245 e. The standard InChI is InChI=1S/C22H28N2O5/c1-15(21(28)23-11-4-5-16(25)14-23)24-12-10-22(9-8-20(24)27)13-18(26)17-6-2-3-7-19(17)29-22/h2-3,6-7,15-16,25H,4-5,8-14H2,1H3/t15-,16+,22-/m0/s1. The molecule has 3 aliphatic heterocycles. The number of aliphatic hydroxyl groups is 1. The van der Waals surface area contributed by atoms with E-state index in [9.17, 15) is 19.5 Å². The maximum atomic E-state index is 12.9. The Kier molecular flexibility index (Phi) is 5.34. The van der Waals surface area contributed by atoms with Crippen LogP contribution in [0.3, 0.4) is 0 Å². The van der Waals surface area contributed by atoms with Gasteiger partial charge in [-0.1, -0.05) is 12.1 Å². The van der Waals surface area contributed by atoms with Crippen molar-refractivity contribution in [3.8, 4) is 5.75 Å². The van der Waals surface area contributed by atoms with Gasteiger partial charge >= 0.3 is 0 Å². The van der Waals surface area contributed by atoms with Crippen LogP contribution in [-0.4, -0.2) is 69.9 Å². The number of carbonyl (C=O) groups excluding carboxylic acids is 3. The number of Topliss-reactive ketones (excluding diaryl/α,β-unsaturated/α-hetero) is 1. The Morgan fingerprint density at radius 1 is 1.24 bits per heavy atom. The summed E-state index contributed by atoms with van der Waals surface area (Å²) in [5, 5.41) is 9.87. The van der Waals surface area contributed by atoms with Gasteiger partial charge in [0.25, 0.3) is 0 Å². The summed E-state index contributed by atoms with van der Waals surface area (Å²) in [6.07, 6.45) is 2.46. The molecule has 7 heteroatoms. The lowest BCUT2D eigenvalue weighted by atomic mass is 9.84. The lowest BCUT2D eigenvalue weighted by Gasteiger charge is -2.38. The molecular formula is C22H28N2O5. The molecule has 0 aliphatic carbocycles. The maximum absolute atomic E-state index is 12.9. The average molecular weight is 400 g/mol. The Balaban J connectivity index is 1.48. The zero-order valence-corrected chi connectivity index (χ0v) is 16.8. The first-order valence-electron chi connectivity index (χ1n) is 10.5. The highest BCUT2D eigenvalue weighted by Gasteiger charge is 2.44. The highest BCUT2D eigenvalue weighted by molar-refractivity contribution is 6.00. The first kappa shape index (κ1) is 19.9. The number of benzene rings is 1. The third kappa shape index (κ3) is 3.88. The summed E-state index contributed by atoms with van der Waals surface area (Å²) in [4.78, 5) is 41.7. The molecule has 2 saturated heterocycles. The minimum absolute atomic E-state index is 0.0409. The van der Waals surface area contributed by atoms with Crippen molar-refractivity contribution < 1.29 is 24.2 Å². The zero-order valence-electron chi connectivity index (χ0n) is 16.8. The lowest BCUT2D eigenvalue weighted by molar-refractivity contribution is -0.146. The van der Waals surface area contributed by atoms with Gasteiger partial charge in [0.05, 0.1) is 18.1 Å². The fourth-order valence-corrected chi connectivity index (χ4v) is 4.74. The van der Waals surface area contributed by atoms with Gasteiger partial charge in [-0.25, -0.2) is 0 Å². The summed E-state index contributed by atoms with van der Waals surface area (Å²) in [5.74, 6) is 0.407. The number of rotatable bonds is 2. The minimum atomic E-state index is -0.695. The minimum Gasteiger partial charge on any atom is -0.486 e. The average Bonchev–Trinajstić information content (AvgIpc) is 2.86. The highest BCUT2D eigenvalue weighted by Crippen LogP contribution is 2.39. The molecule has 1 aromatic rings. The lowest BCUT2D eigenvalue weighted by Crippen LogP contribution is -2.52. The number of piperidine rings is 1. The van der Waals surface area contributed by atoms with E-state index in [1.807, 2.05) is 12.1 Å². The summed E-state index contributed by atoms with van der Waals surface area (Å²) in [5.41, 5.74) is -0.0994. The molecule has 7 nitrogen and oxygen atoms in total. The van der Waals surface area contributed by atoms with Gasteiger partial charge in [0.2, 0.25) is 11.8 Å². The number of hydrogen-bond donors (Lipinski definition) is 1. The number of ketones is 1. The fraction of sp³-hybridized carbons (Fsp3) is 0.591. The summed E-state index contributed by atoms with van der Waals surface area (Å²) in [7, 11) is 0. The molecule has 0 unspecified atom stereocenters. The topological polar surface area (TPSA) is 87.2 Å². The predicted molar refractivity (Wildman–Crippen MR) is 106 cm³/mol. The third-order valence-electron chi connectivity index (χ3n) is 6.45. The Morgan fingerprint density at radius 3 is 2.83 bits per heavy atom. The van der Waals surface area contributed by atoms with Crippen molar-refractivity contribution >= 4 is 17.6 Å². The Bertz CT molecular complexity index is 825. The van der Waals surface area contributed by atoms with Crippen molar-refractivity contribution in [3.05, 3.63) is 29.8 Å². The number of hydrogen-bond acceptors (Lipinski definition) is 5. The van der Waals surface area contributed by atoms with Crippen LogP contribution in [0.5, 0.6) is 5.75 Å². The van der Waals surface area contributed by atoms with Gasteiger partial charge in [-0.05, 0) is 38.3 Å². The molecule has 0 saturated carbocycles. The van der Waals surface area contributed by atoms with Gasteiger partial charge in [0.15, 0.2) is 5.78 Å². The van der Waals surface area contributed by atoms with E-state index in [-0.39, 0.29) is 30.4 Å². The van der Waals surface area contributed by atoms with Gasteiger partial charge in [-0.15, -0.1) is 0 Å². The molecule has 1 N–H and O–H groups in total. The summed E-state index contributed by atoms with van der Waals surface area (Å²) >= 11 is 0. The van der Waals surface area contributed by atoms with Gasteiger partial charge in [0.1, 0.15) is 17.4 Å². The van der Waals surface area contributed by atoms with Crippen molar-refractivity contribution in [2.45, 2.75) is 63.2 Å². The van der Waals surface area contributed by atoms with Crippen molar-refractivity contribution in [2.24, 2.45) is 0 Å². The third-order valence-corrected chi connectivity index (χ3v) is 6.45. The molecule has 29 heavy (non-hydrogen) atoms. The molecule has 4 rings (SSSR count). The van der Waals surface area contributed by atoms with Crippen LogP contribution in [0.4, 0.5) is 0 Å². The van der Waals surface area contributed by atoms with Crippen LogP contribution in [-0.2, 0) is 9.59 Å². The molecule has 3 heterocycles. The molecule has 156 valence electrons. The number of carbonyl (C=O) groups is 3. The zero-order chi connectivity index (χ0) is 20.6. The molecule has 1 aromatic carbocycles. The van der Waals surface area contributed by atoms with Crippen LogP contribution in [0.1, 0.15) is 55.8 Å². The Morgan fingerprint density at radius 2 is 2.03 bits per heavy atom. The highest BCUT2D eigenvalue weighted by atomic mass is 16.5. The monoisotopic (exact) mass is 400 g/mol. The van der Waals surface area contributed by atoms with Crippen LogP contribution < -0.4 is 4.74 Å². The fourth-order valence-electron chi connectivity index (χ4n) is 4.74. The van der Waals surface area contributed by atoms with E-state index in [4.69, 9.17) is 4.74 Å². The van der Waals surface area contributed by atoms with E-state index in [0.29, 0.717) is 50.2 Å². The Labute approximate surface area is 170 Å². The van der Waals surface area contributed by atoms with Crippen molar-refractivity contribution in [2.75, 3.05) is 19.6 Å². The van der Waals surface area contributed by atoms with Gasteiger partial charge < -0.3 is 19.6 Å². The quantitative estimate of drug-likeness (QED) is 0.818. The van der Waals surface area contributed by atoms with E-state index in [2.05, 4.69) is 0 Å². The second kappa shape index (κ2) is 7.78. The van der Waals surface area contributed by atoms with Crippen LogP contribution in [0.2, 0.25) is 0 Å². The van der Waals surface area contributed by atoms with E-state index < -0.39 is 17.7 Å². The van der Waals surface area contributed by atoms with Gasteiger partial charge in [-0.3, -0.25) is 14.4 Å². The van der Waals surface area contributed by atoms with Crippen LogP contribution in [0, 0.1) is 0 Å². The van der Waals surface area contributed by atoms with Crippen LogP contribution >= 0.6 is 0 Å². The number of likely N-dealkylation sites (tertiary alicyclic amines) is 2. The molecule has 1 spiro atoms. The molecule has 0 radical (unpaired) electrons. The second-order valence-electron chi connectivity index (χ2n) is 8.47. The van der Waals surface area contributed by atoms with E-state index in [1.165, 1.54) is 0 Å². The van der Waals surface area contributed by atoms with Crippen molar-refractivity contribution in [1.82, 2.24) is 9.80 Å². The molecule has 0 aromatic heterocycles. The molecule has 3 aliphatic rings. The number of amides is 2. The number of fused-ring (bicyclic) bond motifs is 1. The first-order chi connectivity index (χ1) is 13.9. The number of aliphatic hydroxyl groups excluding tert-OH is 1. The second-order valence-corrected chi connectivity index (χ2v) is 8.47. The smallest absolute Gasteiger partial charge is 0.245 e. The molecule has 0 bridgehead atoms. The molecule has 3 atom stereocenters. The van der Waals surface area contributed by atoms with Crippen LogP contribution in [0.25, 0.3) is 0 Å². The number of para-hydroxylation sites is 1. The summed E-state index contributed by atoms with van der Waals surface area (Å²) in [6, 6.07) is 6.64. The largest absolute Gasteiger partial charge is 0.486 e. The Hall–Kier alpha value is -2.41. The van der Waals surface area contributed by atoms with E-state index in [0.717, 1.165) is 6.42 Å². The van der Waals surface area contributed by atoms with Gasteiger partial charge in [0, 0.05) is 32.5 Å². The molecular weight excluding hydrogens is 372 g/mol. The number of β-amino-alcohol motifs (C(OH)–C–C–N with tert-alkyl or cyclic N) is 1. The molecule has 2 amide bonds. The first-order valence-corrected chi connectivity index (χ1v) is 10.5. The normalized spacial score (nSPS) is 28.6. The number of nitrogens with zero attached hydrogens (tertiary/aromatic N) is 2. The van der Waals surface area contributed by atoms with Crippen LogP contribution in [0.15, 0.2) is 24.3 Å². The number of ether oxygens (including phenoxy) is 1. The van der Waals surface area contributed by atoms with Crippen molar-refractivity contribution in [1.29, 1.82) is 0 Å². The van der Waals surface area contributed by atoms with Crippen molar-refractivity contribution in [3.63, 3.8) is 0 Å². The van der Waals surface area contributed by atoms with E-state index in [1.54, 1.807) is 28.9 Å². The summed E-state index contributed by atoms with van der Waals surface area (Å²) < 4.78 is 6.25. The van der Waals surface area contributed by atoms with Gasteiger partial charge in [-0.2, -0.15) is 0 Å². The SMILES string of the molecule is C[C@@H](C(=O)N1CCC[C@@H](O)C1)N1CC[C@@]2(CCC1=O)CC(=O)c1ccccc1O2. The summed E-state index contributed by atoms with van der Waals surface area (Å²) in [6.45, 7) is 3.06.